The van der Waals surface area contributed by atoms with Crippen molar-refractivity contribution < 1.29 is 9.53 Å². The van der Waals surface area contributed by atoms with E-state index in [4.69, 9.17) is 4.74 Å². The zero-order valence-corrected chi connectivity index (χ0v) is 15.0. The molecule has 1 N–H and O–H groups in total. The van der Waals surface area contributed by atoms with E-state index in [2.05, 4.69) is 20.2 Å². The number of anilines is 2. The van der Waals surface area contributed by atoms with Crippen molar-refractivity contribution in [3.63, 3.8) is 0 Å². The van der Waals surface area contributed by atoms with Crippen molar-refractivity contribution in [2.45, 2.75) is 26.7 Å². The number of hydrogen-bond donors (Lipinski definition) is 1. The number of aromatic nitrogens is 2. The molecule has 1 aliphatic rings. The number of rotatable bonds is 4. The Balaban J connectivity index is 1.71. The molecule has 0 saturated carbocycles. The molecule has 132 valence electrons. The number of piperidine rings is 1. The maximum atomic E-state index is 12.9. The first kappa shape index (κ1) is 17.2. The quantitative estimate of drug-likeness (QED) is 0.926. The molecule has 0 spiro atoms. The third-order valence-electron chi connectivity index (χ3n) is 4.71. The number of nitrogens with zero attached hydrogens (tertiary/aromatic N) is 3. The second kappa shape index (κ2) is 7.09. The maximum absolute atomic E-state index is 12.9. The number of amides is 1. The molecule has 0 bridgehead atoms. The van der Waals surface area contributed by atoms with Crippen LogP contribution in [-0.4, -0.2) is 36.1 Å². The Morgan fingerprint density at radius 3 is 2.72 bits per heavy atom. The first-order valence-corrected chi connectivity index (χ1v) is 8.49. The molecule has 1 saturated heterocycles. The van der Waals surface area contributed by atoms with Gasteiger partial charge >= 0.3 is 0 Å². The van der Waals surface area contributed by atoms with Crippen molar-refractivity contribution in [1.29, 1.82) is 0 Å². The third-order valence-corrected chi connectivity index (χ3v) is 4.71. The van der Waals surface area contributed by atoms with Crippen LogP contribution in [0.15, 0.2) is 36.7 Å². The lowest BCUT2D eigenvalue weighted by atomic mass is 9.81. The van der Waals surface area contributed by atoms with Gasteiger partial charge in [-0.2, -0.15) is 0 Å². The largest absolute Gasteiger partial charge is 0.497 e. The van der Waals surface area contributed by atoms with Gasteiger partial charge in [0.05, 0.1) is 12.5 Å². The topological polar surface area (TPSA) is 67.3 Å². The van der Waals surface area contributed by atoms with Gasteiger partial charge in [0, 0.05) is 30.5 Å². The number of carbonyl (C=O) groups excluding carboxylic acids is 1. The summed E-state index contributed by atoms with van der Waals surface area (Å²) in [6, 6.07) is 9.36. The Hall–Kier alpha value is -2.63. The molecule has 25 heavy (non-hydrogen) atoms. The van der Waals surface area contributed by atoms with Crippen LogP contribution in [0.2, 0.25) is 0 Å². The van der Waals surface area contributed by atoms with E-state index in [-0.39, 0.29) is 5.91 Å². The summed E-state index contributed by atoms with van der Waals surface area (Å²) < 4.78 is 5.15. The van der Waals surface area contributed by atoms with Crippen LogP contribution in [0.25, 0.3) is 0 Å². The molecule has 2 heterocycles. The molecule has 1 aromatic heterocycles. The highest BCUT2D eigenvalue weighted by Crippen LogP contribution is 2.33. The number of aryl methyl sites for hydroxylation is 1. The number of methoxy groups -OCH3 is 1. The average Bonchev–Trinajstić information content (AvgIpc) is 2.62. The fraction of sp³-hybridized carbons (Fsp3) is 0.421. The molecule has 2 aromatic rings. The van der Waals surface area contributed by atoms with Crippen molar-refractivity contribution in [3.8, 4) is 5.75 Å². The molecule has 6 nitrogen and oxygen atoms in total. The summed E-state index contributed by atoms with van der Waals surface area (Å²) in [4.78, 5) is 23.6. The van der Waals surface area contributed by atoms with E-state index < -0.39 is 5.41 Å². The van der Waals surface area contributed by atoms with E-state index in [1.807, 2.05) is 44.2 Å². The Kier molecular flexibility index (Phi) is 4.88. The predicted molar refractivity (Wildman–Crippen MR) is 97.9 cm³/mol. The summed E-state index contributed by atoms with van der Waals surface area (Å²) in [7, 11) is 1.63. The Labute approximate surface area is 148 Å². The minimum absolute atomic E-state index is 0.0353. The predicted octanol–water partition coefficient (Wildman–Crippen LogP) is 3.04. The first-order chi connectivity index (χ1) is 12.0. The maximum Gasteiger partial charge on any atom is 0.232 e. The van der Waals surface area contributed by atoms with Gasteiger partial charge in [0.25, 0.3) is 0 Å². The van der Waals surface area contributed by atoms with Gasteiger partial charge in [-0.05, 0) is 51.0 Å². The first-order valence-electron chi connectivity index (χ1n) is 8.49. The van der Waals surface area contributed by atoms with Crippen molar-refractivity contribution >= 4 is 17.4 Å². The lowest BCUT2D eigenvalue weighted by Gasteiger charge is -2.39. The zero-order chi connectivity index (χ0) is 17.9. The molecule has 3 rings (SSSR count). The van der Waals surface area contributed by atoms with Crippen molar-refractivity contribution in [2.75, 3.05) is 30.4 Å². The van der Waals surface area contributed by atoms with Gasteiger partial charge in [-0.1, -0.05) is 0 Å². The molecular formula is C19H24N4O2. The van der Waals surface area contributed by atoms with Crippen molar-refractivity contribution in [2.24, 2.45) is 5.41 Å². The molecule has 1 amide bonds. The third kappa shape index (κ3) is 3.90. The highest BCUT2D eigenvalue weighted by atomic mass is 16.5. The minimum atomic E-state index is -0.461. The second-order valence-corrected chi connectivity index (χ2v) is 6.79. The standard InChI is InChI=1S/C19H24N4O2/c1-14-11-17(21-13-20-14)23-10-4-9-19(2,12-23)18(24)22-15-5-7-16(25-3)8-6-15/h5-8,11,13H,4,9-10,12H2,1-3H3,(H,22,24)/t19-/m1/s1. The van der Waals surface area contributed by atoms with Gasteiger partial charge < -0.3 is 15.0 Å². The monoisotopic (exact) mass is 340 g/mol. The molecular weight excluding hydrogens is 316 g/mol. The SMILES string of the molecule is COc1ccc(NC(=O)[C@]2(C)CCCN(c3cc(C)ncn3)C2)cc1. The Bertz CT molecular complexity index is 747. The highest BCUT2D eigenvalue weighted by molar-refractivity contribution is 5.95. The molecule has 0 aliphatic carbocycles. The number of benzene rings is 1. The molecule has 1 fully saturated rings. The van der Waals surface area contributed by atoms with Gasteiger partial charge in [-0.15, -0.1) is 0 Å². The molecule has 0 radical (unpaired) electrons. The molecule has 1 aliphatic heterocycles. The van der Waals surface area contributed by atoms with Crippen molar-refractivity contribution in [3.05, 3.63) is 42.4 Å². The molecule has 0 unspecified atom stereocenters. The van der Waals surface area contributed by atoms with E-state index in [9.17, 15) is 4.79 Å². The average molecular weight is 340 g/mol. The number of carbonyl (C=O) groups is 1. The van der Waals surface area contributed by atoms with Crippen LogP contribution in [0.4, 0.5) is 11.5 Å². The van der Waals surface area contributed by atoms with Gasteiger partial charge in [-0.3, -0.25) is 4.79 Å². The lowest BCUT2D eigenvalue weighted by Crippen LogP contribution is -2.48. The summed E-state index contributed by atoms with van der Waals surface area (Å²) in [5.74, 6) is 1.69. The van der Waals surface area contributed by atoms with Gasteiger partial charge in [-0.25, -0.2) is 9.97 Å². The van der Waals surface area contributed by atoms with Crippen LogP contribution in [0.3, 0.4) is 0 Å². The fourth-order valence-electron chi connectivity index (χ4n) is 3.19. The number of hydrogen-bond acceptors (Lipinski definition) is 5. The van der Waals surface area contributed by atoms with Crippen LogP contribution in [0, 0.1) is 12.3 Å². The van der Waals surface area contributed by atoms with E-state index in [0.29, 0.717) is 6.54 Å². The van der Waals surface area contributed by atoms with E-state index in [1.165, 1.54) is 0 Å². The van der Waals surface area contributed by atoms with E-state index in [1.54, 1.807) is 13.4 Å². The van der Waals surface area contributed by atoms with Crippen LogP contribution < -0.4 is 15.0 Å². The summed E-state index contributed by atoms with van der Waals surface area (Å²) in [6.45, 7) is 5.52. The van der Waals surface area contributed by atoms with Crippen LogP contribution in [0.5, 0.6) is 5.75 Å². The molecule has 1 atom stereocenters. The van der Waals surface area contributed by atoms with Crippen LogP contribution >= 0.6 is 0 Å². The molecule has 6 heteroatoms. The fourth-order valence-corrected chi connectivity index (χ4v) is 3.19. The summed E-state index contributed by atoms with van der Waals surface area (Å²) in [5.41, 5.74) is 1.25. The Morgan fingerprint density at radius 1 is 1.28 bits per heavy atom. The smallest absolute Gasteiger partial charge is 0.232 e. The summed E-state index contributed by atoms with van der Waals surface area (Å²) in [6.07, 6.45) is 3.39. The van der Waals surface area contributed by atoms with Gasteiger partial charge in [0.2, 0.25) is 5.91 Å². The highest BCUT2D eigenvalue weighted by Gasteiger charge is 2.38. The van der Waals surface area contributed by atoms with Crippen molar-refractivity contribution in [1.82, 2.24) is 9.97 Å². The van der Waals surface area contributed by atoms with Crippen LogP contribution in [0.1, 0.15) is 25.5 Å². The Morgan fingerprint density at radius 2 is 2.04 bits per heavy atom. The molecule has 1 aromatic carbocycles. The van der Waals surface area contributed by atoms with E-state index in [0.717, 1.165) is 42.3 Å². The normalized spacial score (nSPS) is 20.2. The van der Waals surface area contributed by atoms with Crippen LogP contribution in [-0.2, 0) is 4.79 Å². The number of ether oxygens (including phenoxy) is 1. The van der Waals surface area contributed by atoms with E-state index >= 15 is 0 Å². The van der Waals surface area contributed by atoms with Gasteiger partial charge in [0.15, 0.2) is 0 Å². The lowest BCUT2D eigenvalue weighted by molar-refractivity contribution is -0.125. The zero-order valence-electron chi connectivity index (χ0n) is 15.0. The number of nitrogens with one attached hydrogen (secondary N) is 1. The minimum Gasteiger partial charge on any atom is -0.497 e. The second-order valence-electron chi connectivity index (χ2n) is 6.79. The summed E-state index contributed by atoms with van der Waals surface area (Å²) in [5, 5.41) is 3.03. The van der Waals surface area contributed by atoms with Gasteiger partial charge in [0.1, 0.15) is 17.9 Å². The summed E-state index contributed by atoms with van der Waals surface area (Å²) >= 11 is 0.